The summed E-state index contributed by atoms with van der Waals surface area (Å²) in [5.41, 5.74) is 5.59. The molecule has 0 radical (unpaired) electrons. The van der Waals surface area contributed by atoms with E-state index in [1.54, 1.807) is 11.7 Å². The molecule has 2 aromatic carbocycles. The molecule has 0 unspecified atom stereocenters. The molecule has 0 aliphatic carbocycles. The molecule has 3 aromatic rings. The predicted octanol–water partition coefficient (Wildman–Crippen LogP) is 3.49. The summed E-state index contributed by atoms with van der Waals surface area (Å²) in [7, 11) is 4.75. The lowest BCUT2D eigenvalue weighted by Gasteiger charge is -2.08. The first-order valence-corrected chi connectivity index (χ1v) is 9.54. The number of para-hydroxylation sites is 1. The summed E-state index contributed by atoms with van der Waals surface area (Å²) in [6.07, 6.45) is 0. The van der Waals surface area contributed by atoms with Gasteiger partial charge in [0.15, 0.2) is 11.0 Å². The highest BCUT2D eigenvalue weighted by Crippen LogP contribution is 2.25. The second-order valence-electron chi connectivity index (χ2n) is 6.03. The van der Waals surface area contributed by atoms with E-state index in [9.17, 15) is 4.79 Å². The zero-order valence-electron chi connectivity index (χ0n) is 16.5. The summed E-state index contributed by atoms with van der Waals surface area (Å²) in [5, 5.41) is 13.3. The topological polar surface area (TPSA) is 90.6 Å². The number of anilines is 1. The third kappa shape index (κ3) is 4.75. The van der Waals surface area contributed by atoms with Crippen molar-refractivity contribution in [3.63, 3.8) is 0 Å². The largest absolute Gasteiger partial charge is 0.497 e. The van der Waals surface area contributed by atoms with Crippen molar-refractivity contribution in [1.82, 2.24) is 14.8 Å². The van der Waals surface area contributed by atoms with Gasteiger partial charge in [0.2, 0.25) is 5.04 Å². The number of hydrogen-bond acceptors (Lipinski definition) is 8. The fourth-order valence-corrected chi connectivity index (χ4v) is 3.22. The van der Waals surface area contributed by atoms with Crippen LogP contribution in [0.5, 0.6) is 5.75 Å². The van der Waals surface area contributed by atoms with Crippen LogP contribution in [0.4, 0.5) is 5.69 Å². The van der Waals surface area contributed by atoms with Crippen LogP contribution in [-0.4, -0.2) is 40.0 Å². The lowest BCUT2D eigenvalue weighted by atomic mass is 10.2. The number of ether oxygens (including phenoxy) is 2. The molecule has 0 bridgehead atoms. The first-order chi connectivity index (χ1) is 14.0. The molecule has 9 heteroatoms. The average molecular weight is 411 g/mol. The number of nitrogens with one attached hydrogen (secondary N) is 1. The number of aromatic nitrogens is 3. The van der Waals surface area contributed by atoms with Crippen LogP contribution in [0, 0.1) is 6.92 Å². The molecule has 0 aliphatic heterocycles. The summed E-state index contributed by atoms with van der Waals surface area (Å²) >= 11 is 1.07. The fourth-order valence-electron chi connectivity index (χ4n) is 2.49. The molecule has 29 heavy (non-hydrogen) atoms. The van der Waals surface area contributed by atoms with Gasteiger partial charge in [0.05, 0.1) is 19.9 Å². The first kappa shape index (κ1) is 20.4. The molecule has 0 atom stereocenters. The second kappa shape index (κ2) is 9.24. The Balaban J connectivity index is 1.84. The monoisotopic (exact) mass is 411 g/mol. The van der Waals surface area contributed by atoms with E-state index in [1.165, 1.54) is 7.11 Å². The molecule has 3 rings (SSSR count). The normalized spacial score (nSPS) is 11.2. The van der Waals surface area contributed by atoms with Crippen LogP contribution in [-0.2, 0) is 16.6 Å². The molecule has 1 aromatic heterocycles. The second-order valence-corrected chi connectivity index (χ2v) is 6.99. The van der Waals surface area contributed by atoms with Gasteiger partial charge in [-0.15, -0.1) is 10.2 Å². The van der Waals surface area contributed by atoms with E-state index in [-0.39, 0.29) is 5.04 Å². The fraction of sp³-hybridized carbons (Fsp3) is 0.200. The molecular formula is C20H21N5O3S. The van der Waals surface area contributed by atoms with Gasteiger partial charge in [0, 0.05) is 12.6 Å². The summed E-state index contributed by atoms with van der Waals surface area (Å²) < 4.78 is 11.8. The van der Waals surface area contributed by atoms with Crippen molar-refractivity contribution in [2.75, 3.05) is 19.6 Å². The Morgan fingerprint density at radius 1 is 1.10 bits per heavy atom. The van der Waals surface area contributed by atoms with Crippen molar-refractivity contribution in [2.24, 2.45) is 12.1 Å². The van der Waals surface area contributed by atoms with E-state index in [1.807, 2.05) is 62.5 Å². The molecule has 1 N–H and O–H groups in total. The first-order valence-electron chi connectivity index (χ1n) is 8.72. The number of carbonyl (C=O) groups excluding carboxylic acids is 1. The van der Waals surface area contributed by atoms with Crippen molar-refractivity contribution in [3.05, 3.63) is 54.1 Å². The van der Waals surface area contributed by atoms with Crippen LogP contribution < -0.4 is 10.2 Å². The lowest BCUT2D eigenvalue weighted by molar-refractivity contribution is -0.132. The third-order valence-corrected chi connectivity index (χ3v) is 5.14. The SMILES string of the molecule is COC(=O)/C(=N/Nc1ccccc1C)Sc1nnc(-c2ccc(OC)cc2)n1C. The maximum Gasteiger partial charge on any atom is 0.365 e. The average Bonchev–Trinajstić information content (AvgIpc) is 3.11. The Hall–Kier alpha value is -3.33. The zero-order valence-corrected chi connectivity index (χ0v) is 17.4. The molecule has 0 saturated heterocycles. The lowest BCUT2D eigenvalue weighted by Crippen LogP contribution is -2.15. The van der Waals surface area contributed by atoms with E-state index in [0.717, 1.165) is 34.3 Å². The molecule has 1 heterocycles. The Morgan fingerprint density at radius 2 is 1.83 bits per heavy atom. The number of esters is 1. The van der Waals surface area contributed by atoms with Crippen molar-refractivity contribution >= 4 is 28.5 Å². The van der Waals surface area contributed by atoms with Crippen LogP contribution in [0.25, 0.3) is 11.4 Å². The number of benzene rings is 2. The number of hydrazone groups is 1. The number of methoxy groups -OCH3 is 2. The van der Waals surface area contributed by atoms with Crippen molar-refractivity contribution in [2.45, 2.75) is 12.1 Å². The van der Waals surface area contributed by atoms with Gasteiger partial charge in [-0.1, -0.05) is 18.2 Å². The highest BCUT2D eigenvalue weighted by molar-refractivity contribution is 8.15. The maximum absolute atomic E-state index is 12.2. The smallest absolute Gasteiger partial charge is 0.365 e. The summed E-state index contributed by atoms with van der Waals surface area (Å²) in [4.78, 5) is 12.2. The van der Waals surface area contributed by atoms with Gasteiger partial charge in [-0.3, -0.25) is 5.43 Å². The third-order valence-electron chi connectivity index (χ3n) is 4.15. The Kier molecular flexibility index (Phi) is 6.50. The number of rotatable bonds is 5. The van der Waals surface area contributed by atoms with Crippen molar-refractivity contribution in [1.29, 1.82) is 0 Å². The van der Waals surface area contributed by atoms with Crippen LogP contribution in [0.2, 0.25) is 0 Å². The number of aryl methyl sites for hydroxylation is 1. The minimum Gasteiger partial charge on any atom is -0.497 e. The van der Waals surface area contributed by atoms with Gasteiger partial charge in [0.1, 0.15) is 5.75 Å². The van der Waals surface area contributed by atoms with E-state index in [0.29, 0.717) is 11.0 Å². The minimum atomic E-state index is -0.565. The highest BCUT2D eigenvalue weighted by atomic mass is 32.2. The number of thioether (sulfide) groups is 1. The summed E-state index contributed by atoms with van der Waals surface area (Å²) in [6, 6.07) is 15.1. The van der Waals surface area contributed by atoms with Crippen molar-refractivity contribution in [3.8, 4) is 17.1 Å². The van der Waals surface area contributed by atoms with Gasteiger partial charge in [-0.05, 0) is 54.6 Å². The van der Waals surface area contributed by atoms with E-state index >= 15 is 0 Å². The zero-order chi connectivity index (χ0) is 20.8. The van der Waals surface area contributed by atoms with Gasteiger partial charge in [-0.2, -0.15) is 5.10 Å². The number of carbonyl (C=O) groups is 1. The molecule has 0 aliphatic rings. The van der Waals surface area contributed by atoms with E-state index in [2.05, 4.69) is 20.7 Å². The quantitative estimate of drug-likeness (QED) is 0.226. The molecule has 0 fully saturated rings. The maximum atomic E-state index is 12.2. The minimum absolute atomic E-state index is 0.118. The van der Waals surface area contributed by atoms with E-state index in [4.69, 9.17) is 9.47 Å². The van der Waals surface area contributed by atoms with Crippen molar-refractivity contribution < 1.29 is 14.3 Å². The van der Waals surface area contributed by atoms with Crippen LogP contribution in [0.15, 0.2) is 58.8 Å². The Morgan fingerprint density at radius 3 is 2.48 bits per heavy atom. The van der Waals surface area contributed by atoms with Crippen LogP contribution in [0.3, 0.4) is 0 Å². The van der Waals surface area contributed by atoms with Gasteiger partial charge in [0.25, 0.3) is 0 Å². The molecule has 150 valence electrons. The molecule has 8 nitrogen and oxygen atoms in total. The number of hydrogen-bond donors (Lipinski definition) is 1. The van der Waals surface area contributed by atoms with Crippen LogP contribution >= 0.6 is 11.8 Å². The van der Waals surface area contributed by atoms with E-state index < -0.39 is 5.97 Å². The van der Waals surface area contributed by atoms with Gasteiger partial charge < -0.3 is 14.0 Å². The highest BCUT2D eigenvalue weighted by Gasteiger charge is 2.20. The van der Waals surface area contributed by atoms with Gasteiger partial charge in [-0.25, -0.2) is 4.79 Å². The molecular weight excluding hydrogens is 390 g/mol. The Bertz CT molecular complexity index is 1030. The number of nitrogens with zero attached hydrogens (tertiary/aromatic N) is 4. The molecule has 0 saturated carbocycles. The standard InChI is InChI=1S/C20H21N5O3S/c1-13-7-5-6-8-16(13)21-23-18(19(26)28-4)29-20-24-22-17(25(20)2)14-9-11-15(27-3)12-10-14/h5-12,21H,1-4H3/b23-18-. The Labute approximate surface area is 172 Å². The molecule has 0 spiro atoms. The predicted molar refractivity (Wildman–Crippen MR) is 113 cm³/mol. The summed E-state index contributed by atoms with van der Waals surface area (Å²) in [6.45, 7) is 1.95. The van der Waals surface area contributed by atoms with Gasteiger partial charge >= 0.3 is 5.97 Å². The summed E-state index contributed by atoms with van der Waals surface area (Å²) in [5.74, 6) is 0.851. The van der Waals surface area contributed by atoms with Crippen LogP contribution in [0.1, 0.15) is 5.56 Å². The molecule has 0 amide bonds.